The zero-order valence-electron chi connectivity index (χ0n) is 23.8. The van der Waals surface area contributed by atoms with Crippen LogP contribution in [0.4, 0.5) is 0 Å². The molecule has 2 nitrogen and oxygen atoms in total. The summed E-state index contributed by atoms with van der Waals surface area (Å²) in [5, 5.41) is 15.0. The topological polar surface area (TPSA) is 28.7 Å². The first kappa shape index (κ1) is 24.4. The van der Waals surface area contributed by atoms with Crippen LogP contribution in [0.3, 0.4) is 0 Å². The van der Waals surface area contributed by atoms with Crippen molar-refractivity contribution in [1.29, 1.82) is 5.26 Å². The molecule has 0 atom stereocenters. The number of para-hydroxylation sites is 2. The van der Waals surface area contributed by atoms with Crippen LogP contribution in [0.5, 0.6) is 0 Å². The maximum absolute atomic E-state index is 9.97. The molecule has 0 amide bonds. The molecule has 0 radical (unpaired) electrons. The molecular weight excluding hydrogens is 541 g/mol. The predicted octanol–water partition coefficient (Wildman–Crippen LogP) is 11.0. The van der Waals surface area contributed by atoms with Crippen molar-refractivity contribution in [3.8, 4) is 34.0 Å². The van der Waals surface area contributed by atoms with E-state index in [4.69, 9.17) is 0 Å². The fraction of sp³-hybridized carbons (Fsp3) is 0.0750. The minimum absolute atomic E-state index is 0.0318. The maximum Gasteiger partial charge on any atom is 0.0992 e. The van der Waals surface area contributed by atoms with Crippen molar-refractivity contribution >= 4 is 53.3 Å². The fourth-order valence-electron chi connectivity index (χ4n) is 7.45. The SMILES string of the molecule is CC1(C)c2ccccc2-c2c1ccc1c2sc2c(-c3ccc(C#N)cc3-n3c4ccccc4c4ccccc43)cccc21. The molecule has 0 saturated heterocycles. The van der Waals surface area contributed by atoms with E-state index in [1.54, 1.807) is 0 Å². The molecule has 6 aromatic carbocycles. The first-order valence-corrected chi connectivity index (χ1v) is 15.5. The number of hydrogen-bond acceptors (Lipinski definition) is 2. The first-order chi connectivity index (χ1) is 21.1. The van der Waals surface area contributed by atoms with Crippen LogP contribution in [0.2, 0.25) is 0 Å². The molecule has 202 valence electrons. The van der Waals surface area contributed by atoms with Gasteiger partial charge in [-0.3, -0.25) is 0 Å². The van der Waals surface area contributed by atoms with Gasteiger partial charge in [0.2, 0.25) is 0 Å². The lowest BCUT2D eigenvalue weighted by Crippen LogP contribution is -2.14. The molecule has 0 bridgehead atoms. The second-order valence-corrected chi connectivity index (χ2v) is 13.1. The van der Waals surface area contributed by atoms with Crippen LogP contribution in [0.25, 0.3) is 69.9 Å². The Morgan fingerprint density at radius 2 is 1.23 bits per heavy atom. The average molecular weight is 567 g/mol. The summed E-state index contributed by atoms with van der Waals surface area (Å²) >= 11 is 1.90. The van der Waals surface area contributed by atoms with Gasteiger partial charge in [0.1, 0.15) is 0 Å². The molecule has 2 heterocycles. The zero-order valence-corrected chi connectivity index (χ0v) is 24.7. The highest BCUT2D eigenvalue weighted by molar-refractivity contribution is 7.27. The summed E-state index contributed by atoms with van der Waals surface area (Å²) in [6.45, 7) is 4.69. The summed E-state index contributed by atoms with van der Waals surface area (Å²) in [7, 11) is 0. The summed E-state index contributed by atoms with van der Waals surface area (Å²) in [6, 6.07) is 45.9. The number of nitriles is 1. The third-order valence-electron chi connectivity index (χ3n) is 9.45. The monoisotopic (exact) mass is 566 g/mol. The van der Waals surface area contributed by atoms with Gasteiger partial charge in [-0.1, -0.05) is 111 Å². The predicted molar refractivity (Wildman–Crippen MR) is 181 cm³/mol. The largest absolute Gasteiger partial charge is 0.309 e. The van der Waals surface area contributed by atoms with Crippen LogP contribution in [0.15, 0.2) is 121 Å². The quantitative estimate of drug-likeness (QED) is 0.205. The third kappa shape index (κ3) is 3.22. The Bertz CT molecular complexity index is 2450. The Balaban J connectivity index is 1.38. The smallest absolute Gasteiger partial charge is 0.0992 e. The molecule has 2 aromatic heterocycles. The van der Waals surface area contributed by atoms with Crippen molar-refractivity contribution in [3.63, 3.8) is 0 Å². The highest BCUT2D eigenvalue weighted by atomic mass is 32.1. The molecule has 1 aliphatic rings. The van der Waals surface area contributed by atoms with Gasteiger partial charge in [0.25, 0.3) is 0 Å². The van der Waals surface area contributed by atoms with Gasteiger partial charge < -0.3 is 4.57 Å². The molecule has 1 aliphatic carbocycles. The van der Waals surface area contributed by atoms with Crippen LogP contribution in [0.1, 0.15) is 30.5 Å². The van der Waals surface area contributed by atoms with E-state index >= 15 is 0 Å². The van der Waals surface area contributed by atoms with E-state index < -0.39 is 0 Å². The second-order valence-electron chi connectivity index (χ2n) is 12.0. The van der Waals surface area contributed by atoms with Gasteiger partial charge in [0.05, 0.1) is 28.4 Å². The Hall–Kier alpha value is -5.17. The molecule has 0 saturated carbocycles. The van der Waals surface area contributed by atoms with Gasteiger partial charge in [-0.15, -0.1) is 11.3 Å². The van der Waals surface area contributed by atoms with Crippen LogP contribution in [-0.4, -0.2) is 4.57 Å². The number of fused-ring (bicyclic) bond motifs is 10. The number of benzene rings is 6. The number of aromatic nitrogens is 1. The minimum atomic E-state index is -0.0318. The van der Waals surface area contributed by atoms with Gasteiger partial charge in [-0.05, 0) is 41.0 Å². The maximum atomic E-state index is 9.97. The molecule has 9 rings (SSSR count). The van der Waals surface area contributed by atoms with E-state index in [-0.39, 0.29) is 5.41 Å². The van der Waals surface area contributed by atoms with Gasteiger partial charge in [-0.25, -0.2) is 0 Å². The van der Waals surface area contributed by atoms with Crippen molar-refractivity contribution < 1.29 is 0 Å². The van der Waals surface area contributed by atoms with E-state index in [2.05, 4.69) is 140 Å². The lowest BCUT2D eigenvalue weighted by molar-refractivity contribution is 0.661. The molecule has 0 unspecified atom stereocenters. The second kappa shape index (κ2) is 8.67. The highest BCUT2D eigenvalue weighted by Gasteiger charge is 2.36. The van der Waals surface area contributed by atoms with Gasteiger partial charge in [0, 0.05) is 53.1 Å². The van der Waals surface area contributed by atoms with Crippen LogP contribution < -0.4 is 0 Å². The van der Waals surface area contributed by atoms with Crippen LogP contribution in [-0.2, 0) is 5.41 Å². The number of nitrogens with zero attached hydrogens (tertiary/aromatic N) is 2. The first-order valence-electron chi connectivity index (χ1n) is 14.7. The summed E-state index contributed by atoms with van der Waals surface area (Å²) in [4.78, 5) is 0. The van der Waals surface area contributed by atoms with E-state index in [9.17, 15) is 5.26 Å². The summed E-state index contributed by atoms with van der Waals surface area (Å²) in [5.74, 6) is 0. The van der Waals surface area contributed by atoms with Gasteiger partial charge >= 0.3 is 0 Å². The average Bonchev–Trinajstić information content (AvgIpc) is 3.67. The highest BCUT2D eigenvalue weighted by Crippen LogP contribution is 2.54. The molecule has 3 heteroatoms. The Morgan fingerprint density at radius 1 is 0.581 bits per heavy atom. The van der Waals surface area contributed by atoms with Crippen molar-refractivity contribution in [3.05, 3.63) is 138 Å². The summed E-state index contributed by atoms with van der Waals surface area (Å²) in [5.41, 5.74) is 11.8. The van der Waals surface area contributed by atoms with Crippen molar-refractivity contribution in [2.75, 3.05) is 0 Å². The molecule has 43 heavy (non-hydrogen) atoms. The standard InChI is InChI=1S/C40H26N2S/c1-40(2)32-15-6-3-12-31(32)37-33(40)21-20-30-29-14-9-13-28(38(29)43-39(30)37)27-19-18-24(23-41)22-36(27)42-34-16-7-4-10-25(34)26-11-5-8-17-35(26)42/h3-22H,1-2H3. The van der Waals surface area contributed by atoms with Crippen LogP contribution >= 0.6 is 11.3 Å². The molecule has 0 spiro atoms. The number of thiophene rings is 1. The number of hydrogen-bond donors (Lipinski definition) is 0. The van der Waals surface area contributed by atoms with Crippen molar-refractivity contribution in [2.24, 2.45) is 0 Å². The van der Waals surface area contributed by atoms with Crippen LogP contribution in [0, 0.1) is 11.3 Å². The van der Waals surface area contributed by atoms with Gasteiger partial charge in [0.15, 0.2) is 0 Å². The third-order valence-corrected chi connectivity index (χ3v) is 10.7. The molecule has 0 N–H and O–H groups in total. The number of rotatable bonds is 2. The molecular formula is C40H26N2S. The van der Waals surface area contributed by atoms with Crippen molar-refractivity contribution in [2.45, 2.75) is 19.3 Å². The molecule has 0 fully saturated rings. The lowest BCUT2D eigenvalue weighted by atomic mass is 9.82. The Morgan fingerprint density at radius 3 is 2.00 bits per heavy atom. The van der Waals surface area contributed by atoms with E-state index in [1.165, 1.54) is 58.8 Å². The lowest BCUT2D eigenvalue weighted by Gasteiger charge is -2.21. The van der Waals surface area contributed by atoms with Crippen molar-refractivity contribution in [1.82, 2.24) is 4.57 Å². The Kier molecular flexibility index (Phi) is 4.93. The van der Waals surface area contributed by atoms with Gasteiger partial charge in [-0.2, -0.15) is 5.26 Å². The van der Waals surface area contributed by atoms with E-state index in [1.807, 2.05) is 17.4 Å². The molecule has 0 aliphatic heterocycles. The zero-order chi connectivity index (χ0) is 28.9. The summed E-state index contributed by atoms with van der Waals surface area (Å²) < 4.78 is 4.97. The summed E-state index contributed by atoms with van der Waals surface area (Å²) in [6.07, 6.45) is 0. The fourth-order valence-corrected chi connectivity index (χ4v) is 8.84. The minimum Gasteiger partial charge on any atom is -0.309 e. The Labute approximate surface area is 253 Å². The normalized spacial score (nSPS) is 13.5. The van der Waals surface area contributed by atoms with E-state index in [0.717, 1.165) is 22.3 Å². The van der Waals surface area contributed by atoms with E-state index in [0.29, 0.717) is 5.56 Å². The molecule has 8 aromatic rings.